The number of thiazole rings is 1. The minimum Gasteiger partial charge on any atom is -0.399 e. The highest BCUT2D eigenvalue weighted by Gasteiger charge is 2.11. The third-order valence-corrected chi connectivity index (χ3v) is 4.65. The van der Waals surface area contributed by atoms with Gasteiger partial charge in [0.05, 0.1) is 10.8 Å². The lowest BCUT2D eigenvalue weighted by molar-refractivity contribution is 0.580. The molecule has 7 heteroatoms. The molecule has 0 saturated heterocycles. The smallest absolute Gasteiger partial charge is 0.215 e. The van der Waals surface area contributed by atoms with E-state index in [2.05, 4.69) is 9.71 Å². The maximum Gasteiger partial charge on any atom is 0.215 e. The fourth-order valence-electron chi connectivity index (χ4n) is 1.64. The van der Waals surface area contributed by atoms with E-state index in [9.17, 15) is 8.42 Å². The average Bonchev–Trinajstić information content (AvgIpc) is 2.81. The van der Waals surface area contributed by atoms with Gasteiger partial charge in [-0.1, -0.05) is 12.1 Å². The predicted octanol–water partition coefficient (Wildman–Crippen LogP) is 1.39. The summed E-state index contributed by atoms with van der Waals surface area (Å²) < 4.78 is 26.3. The zero-order chi connectivity index (χ0) is 13.7. The zero-order valence-electron chi connectivity index (χ0n) is 10.2. The first-order valence-corrected chi connectivity index (χ1v) is 8.28. The highest BCUT2D eigenvalue weighted by atomic mass is 32.2. The zero-order valence-corrected chi connectivity index (χ0v) is 11.9. The Morgan fingerprint density at radius 2 is 2.21 bits per heavy atom. The van der Waals surface area contributed by atoms with Crippen LogP contribution in [-0.2, 0) is 22.2 Å². The van der Waals surface area contributed by atoms with Gasteiger partial charge in [-0.3, -0.25) is 0 Å². The molecule has 0 saturated carbocycles. The van der Waals surface area contributed by atoms with Crippen LogP contribution in [0.15, 0.2) is 35.8 Å². The lowest BCUT2D eigenvalue weighted by Crippen LogP contribution is -2.27. The second-order valence-corrected chi connectivity index (χ2v) is 6.86. The summed E-state index contributed by atoms with van der Waals surface area (Å²) in [5, 5.41) is 2.79. The summed E-state index contributed by atoms with van der Waals surface area (Å²) in [4.78, 5) is 4.10. The molecule has 0 aliphatic carbocycles. The molecule has 2 aromatic rings. The Morgan fingerprint density at radius 3 is 2.89 bits per heavy atom. The number of nitrogens with one attached hydrogen (secondary N) is 1. The van der Waals surface area contributed by atoms with Gasteiger partial charge in [0.1, 0.15) is 0 Å². The number of sulfonamides is 1. The van der Waals surface area contributed by atoms with Crippen molar-refractivity contribution in [2.45, 2.75) is 12.2 Å². The van der Waals surface area contributed by atoms with Gasteiger partial charge in [0, 0.05) is 30.2 Å². The van der Waals surface area contributed by atoms with Gasteiger partial charge in [0.15, 0.2) is 0 Å². The Morgan fingerprint density at radius 1 is 1.37 bits per heavy atom. The number of benzene rings is 1. The molecule has 0 fully saturated rings. The van der Waals surface area contributed by atoms with E-state index in [0.29, 0.717) is 24.2 Å². The fourth-order valence-corrected chi connectivity index (χ4v) is 3.40. The Bertz CT molecular complexity index is 624. The molecule has 0 amide bonds. The number of nitrogens with two attached hydrogens (primary N) is 1. The van der Waals surface area contributed by atoms with Crippen molar-refractivity contribution in [3.63, 3.8) is 0 Å². The number of nitrogens with zero attached hydrogens (tertiary/aromatic N) is 1. The molecule has 0 unspecified atom stereocenters. The minimum atomic E-state index is -3.33. The Kier molecular flexibility index (Phi) is 4.52. The van der Waals surface area contributed by atoms with Crippen LogP contribution in [0.1, 0.15) is 10.6 Å². The summed E-state index contributed by atoms with van der Waals surface area (Å²) in [5.74, 6) is -0.0596. The highest BCUT2D eigenvalue weighted by molar-refractivity contribution is 7.88. The molecule has 0 atom stereocenters. The molecule has 5 nitrogen and oxygen atoms in total. The van der Waals surface area contributed by atoms with Crippen LogP contribution < -0.4 is 10.5 Å². The van der Waals surface area contributed by atoms with Crippen LogP contribution in [0.5, 0.6) is 0 Å². The van der Waals surface area contributed by atoms with E-state index in [0.717, 1.165) is 5.01 Å². The fraction of sp³-hybridized carbons (Fsp3) is 0.250. The highest BCUT2D eigenvalue weighted by Crippen LogP contribution is 2.10. The van der Waals surface area contributed by atoms with Crippen molar-refractivity contribution < 1.29 is 8.42 Å². The first-order valence-electron chi connectivity index (χ1n) is 5.75. The molecule has 1 heterocycles. The molecule has 2 rings (SSSR count). The van der Waals surface area contributed by atoms with E-state index in [4.69, 9.17) is 5.73 Å². The normalized spacial score (nSPS) is 11.6. The number of anilines is 1. The predicted molar refractivity (Wildman–Crippen MR) is 77.3 cm³/mol. The first-order chi connectivity index (χ1) is 9.05. The lowest BCUT2D eigenvalue weighted by Gasteiger charge is -2.06. The van der Waals surface area contributed by atoms with Crippen molar-refractivity contribution in [2.75, 3.05) is 12.3 Å². The molecule has 1 aromatic carbocycles. The molecule has 19 heavy (non-hydrogen) atoms. The monoisotopic (exact) mass is 297 g/mol. The van der Waals surface area contributed by atoms with Gasteiger partial charge < -0.3 is 5.73 Å². The maximum atomic E-state index is 11.9. The molecule has 0 bridgehead atoms. The SMILES string of the molecule is Nc1cccc(CS(=O)(=O)NCCc2nccs2)c1. The number of nitrogen functional groups attached to an aromatic ring is 1. The second kappa shape index (κ2) is 6.14. The summed E-state index contributed by atoms with van der Waals surface area (Å²) in [5.41, 5.74) is 6.87. The topological polar surface area (TPSA) is 85.1 Å². The van der Waals surface area contributed by atoms with Crippen molar-refractivity contribution in [1.29, 1.82) is 0 Å². The quantitative estimate of drug-likeness (QED) is 0.789. The largest absolute Gasteiger partial charge is 0.399 e. The number of hydrogen-bond acceptors (Lipinski definition) is 5. The Labute approximate surface area is 116 Å². The maximum absolute atomic E-state index is 11.9. The number of rotatable bonds is 6. The molecule has 3 N–H and O–H groups in total. The first kappa shape index (κ1) is 14.0. The van der Waals surface area contributed by atoms with Crippen molar-refractivity contribution in [3.8, 4) is 0 Å². The van der Waals surface area contributed by atoms with Gasteiger partial charge in [0.25, 0.3) is 0 Å². The molecule has 0 aliphatic rings. The second-order valence-electron chi connectivity index (χ2n) is 4.07. The third kappa shape index (κ3) is 4.62. The molecular weight excluding hydrogens is 282 g/mol. The van der Waals surface area contributed by atoms with Crippen LogP contribution in [0.25, 0.3) is 0 Å². The van der Waals surface area contributed by atoms with E-state index in [1.54, 1.807) is 30.5 Å². The van der Waals surface area contributed by atoms with Crippen LogP contribution in [-0.4, -0.2) is 19.9 Å². The van der Waals surface area contributed by atoms with Crippen molar-refractivity contribution in [2.24, 2.45) is 0 Å². The average molecular weight is 297 g/mol. The summed E-state index contributed by atoms with van der Waals surface area (Å²) >= 11 is 1.52. The van der Waals surface area contributed by atoms with Crippen molar-refractivity contribution in [1.82, 2.24) is 9.71 Å². The van der Waals surface area contributed by atoms with E-state index in [1.807, 2.05) is 5.38 Å². The van der Waals surface area contributed by atoms with Gasteiger partial charge in [-0.2, -0.15) is 0 Å². The Balaban J connectivity index is 1.88. The van der Waals surface area contributed by atoms with Crippen LogP contribution in [0, 0.1) is 0 Å². The van der Waals surface area contributed by atoms with E-state index in [-0.39, 0.29) is 5.75 Å². The van der Waals surface area contributed by atoms with Gasteiger partial charge in [-0.05, 0) is 17.7 Å². The van der Waals surface area contributed by atoms with Crippen molar-refractivity contribution in [3.05, 3.63) is 46.4 Å². The van der Waals surface area contributed by atoms with E-state index >= 15 is 0 Å². The minimum absolute atomic E-state index is 0.0596. The van der Waals surface area contributed by atoms with Crippen molar-refractivity contribution >= 4 is 27.0 Å². The van der Waals surface area contributed by atoms with Crippen LogP contribution in [0.4, 0.5) is 5.69 Å². The molecular formula is C12H15N3O2S2. The number of aromatic nitrogens is 1. The van der Waals surface area contributed by atoms with E-state index in [1.165, 1.54) is 11.3 Å². The lowest BCUT2D eigenvalue weighted by atomic mass is 10.2. The standard InChI is InChI=1S/C12H15N3O2S2/c13-11-3-1-2-10(8-11)9-19(16,17)15-5-4-12-14-6-7-18-12/h1-3,6-8,15H,4-5,9,13H2. The number of hydrogen-bond donors (Lipinski definition) is 2. The third-order valence-electron chi connectivity index (χ3n) is 2.45. The molecule has 0 spiro atoms. The van der Waals surface area contributed by atoms with Gasteiger partial charge in [-0.15, -0.1) is 11.3 Å². The molecule has 0 radical (unpaired) electrons. The van der Waals surface area contributed by atoms with Crippen LogP contribution >= 0.6 is 11.3 Å². The van der Waals surface area contributed by atoms with Crippen LogP contribution in [0.3, 0.4) is 0 Å². The van der Waals surface area contributed by atoms with Gasteiger partial charge in [0.2, 0.25) is 10.0 Å². The molecule has 102 valence electrons. The van der Waals surface area contributed by atoms with Gasteiger partial charge in [-0.25, -0.2) is 18.1 Å². The van der Waals surface area contributed by atoms with E-state index < -0.39 is 10.0 Å². The molecule has 0 aliphatic heterocycles. The van der Waals surface area contributed by atoms with Gasteiger partial charge >= 0.3 is 0 Å². The van der Waals surface area contributed by atoms with Crippen LogP contribution in [0.2, 0.25) is 0 Å². The summed E-state index contributed by atoms with van der Waals surface area (Å²) in [6.45, 7) is 0.359. The summed E-state index contributed by atoms with van der Waals surface area (Å²) in [6.07, 6.45) is 2.31. The Hall–Kier alpha value is -1.44. The summed E-state index contributed by atoms with van der Waals surface area (Å²) in [6, 6.07) is 6.89. The summed E-state index contributed by atoms with van der Waals surface area (Å²) in [7, 11) is -3.33. The molecule has 1 aromatic heterocycles.